The highest BCUT2D eigenvalue weighted by molar-refractivity contribution is 6.30. The molecule has 2 aliphatic rings. The Kier molecular flexibility index (Phi) is 2.99. The van der Waals surface area contributed by atoms with Crippen LogP contribution >= 0.6 is 11.6 Å². The van der Waals surface area contributed by atoms with Crippen LogP contribution in [0.1, 0.15) is 11.6 Å². The average Bonchev–Trinajstić information content (AvgIpc) is 2.98. The van der Waals surface area contributed by atoms with Crippen LogP contribution in [0.5, 0.6) is 11.5 Å². The van der Waals surface area contributed by atoms with Gasteiger partial charge in [-0.1, -0.05) is 23.7 Å². The minimum Gasteiger partial charge on any atom is -0.454 e. The van der Waals surface area contributed by atoms with Gasteiger partial charge in [0.05, 0.1) is 6.04 Å². The molecule has 22 heavy (non-hydrogen) atoms. The highest BCUT2D eigenvalue weighted by atomic mass is 35.5. The zero-order valence-corrected chi connectivity index (χ0v) is 12.3. The molecule has 0 bridgehead atoms. The van der Waals surface area contributed by atoms with Crippen molar-refractivity contribution in [1.29, 1.82) is 0 Å². The molecule has 1 fully saturated rings. The fourth-order valence-electron chi connectivity index (χ4n) is 2.88. The molecule has 4 rings (SSSR count). The van der Waals surface area contributed by atoms with E-state index in [1.807, 2.05) is 24.3 Å². The van der Waals surface area contributed by atoms with Gasteiger partial charge in [-0.15, -0.1) is 0 Å². The van der Waals surface area contributed by atoms with Gasteiger partial charge in [-0.05, 0) is 29.8 Å². The predicted molar refractivity (Wildman–Crippen MR) is 82.2 cm³/mol. The molecular formula is C16H13ClN2O3. The predicted octanol–water partition coefficient (Wildman–Crippen LogP) is 2.48. The van der Waals surface area contributed by atoms with Gasteiger partial charge in [0.25, 0.3) is 0 Å². The first-order valence-electron chi connectivity index (χ1n) is 6.89. The number of halogens is 1. The molecule has 0 saturated carbocycles. The van der Waals surface area contributed by atoms with Gasteiger partial charge in [0, 0.05) is 16.8 Å². The number of rotatable bonds is 2. The summed E-state index contributed by atoms with van der Waals surface area (Å²) < 4.78 is 10.7. The van der Waals surface area contributed by atoms with E-state index >= 15 is 0 Å². The summed E-state index contributed by atoms with van der Waals surface area (Å²) in [5.41, 5.74) is 7.65. The molecule has 2 atom stereocenters. The Morgan fingerprint density at radius 2 is 1.95 bits per heavy atom. The summed E-state index contributed by atoms with van der Waals surface area (Å²) in [6, 6.07) is 12.0. The van der Waals surface area contributed by atoms with E-state index in [-0.39, 0.29) is 18.7 Å². The largest absolute Gasteiger partial charge is 0.454 e. The molecule has 112 valence electrons. The highest BCUT2D eigenvalue weighted by Crippen LogP contribution is 2.42. The van der Waals surface area contributed by atoms with Gasteiger partial charge in [0.15, 0.2) is 11.5 Å². The Bertz CT molecular complexity index is 765. The van der Waals surface area contributed by atoms with E-state index in [1.54, 1.807) is 23.1 Å². The lowest BCUT2D eigenvalue weighted by Crippen LogP contribution is -2.63. The van der Waals surface area contributed by atoms with Crippen molar-refractivity contribution in [2.45, 2.75) is 12.1 Å². The molecular weight excluding hydrogens is 304 g/mol. The van der Waals surface area contributed by atoms with E-state index in [9.17, 15) is 4.79 Å². The van der Waals surface area contributed by atoms with Gasteiger partial charge in [-0.25, -0.2) is 0 Å². The Morgan fingerprint density at radius 1 is 1.14 bits per heavy atom. The number of β-lactam (4-membered cyclic amide) rings is 1. The van der Waals surface area contributed by atoms with E-state index in [4.69, 9.17) is 26.8 Å². The number of nitrogens with zero attached hydrogens (tertiary/aromatic N) is 1. The molecule has 0 radical (unpaired) electrons. The zero-order chi connectivity index (χ0) is 15.3. The second-order valence-electron chi connectivity index (χ2n) is 5.27. The topological polar surface area (TPSA) is 64.8 Å². The van der Waals surface area contributed by atoms with Crippen LogP contribution in [0.15, 0.2) is 42.5 Å². The molecule has 1 amide bonds. The van der Waals surface area contributed by atoms with Crippen molar-refractivity contribution < 1.29 is 14.3 Å². The van der Waals surface area contributed by atoms with Crippen LogP contribution in [0.25, 0.3) is 0 Å². The first kappa shape index (κ1) is 13.4. The van der Waals surface area contributed by atoms with Crippen LogP contribution in [0.2, 0.25) is 5.02 Å². The van der Waals surface area contributed by atoms with Crippen LogP contribution < -0.4 is 20.1 Å². The summed E-state index contributed by atoms with van der Waals surface area (Å²) in [6.45, 7) is 0.198. The number of fused-ring (bicyclic) bond motifs is 1. The Morgan fingerprint density at radius 3 is 2.77 bits per heavy atom. The standard InChI is InChI=1S/C16H13ClN2O3/c17-10-3-1-2-9(6-10)15-14(18)16(20)19(15)11-4-5-12-13(7-11)22-8-21-12/h1-7,14-15H,8,18H2/t14-,15+/m1/s1. The molecule has 0 spiro atoms. The van der Waals surface area contributed by atoms with Gasteiger partial charge in [-0.3, -0.25) is 4.79 Å². The van der Waals surface area contributed by atoms with Crippen molar-refractivity contribution in [2.75, 3.05) is 11.7 Å². The van der Waals surface area contributed by atoms with Gasteiger partial charge >= 0.3 is 0 Å². The van der Waals surface area contributed by atoms with Crippen LogP contribution in [0.4, 0.5) is 5.69 Å². The Labute approximate surface area is 132 Å². The molecule has 2 aromatic rings. The first-order chi connectivity index (χ1) is 10.6. The number of ether oxygens (including phenoxy) is 2. The number of hydrogen-bond acceptors (Lipinski definition) is 4. The number of carbonyl (C=O) groups excluding carboxylic acids is 1. The molecule has 2 aliphatic heterocycles. The molecule has 5 nitrogen and oxygen atoms in total. The number of anilines is 1. The first-order valence-corrected chi connectivity index (χ1v) is 7.27. The fourth-order valence-corrected chi connectivity index (χ4v) is 3.08. The van der Waals surface area contributed by atoms with Crippen LogP contribution in [-0.2, 0) is 4.79 Å². The summed E-state index contributed by atoms with van der Waals surface area (Å²) in [5.74, 6) is 1.19. The molecule has 0 aliphatic carbocycles. The molecule has 0 unspecified atom stereocenters. The maximum atomic E-state index is 12.2. The number of amides is 1. The van der Waals surface area contributed by atoms with E-state index < -0.39 is 6.04 Å². The van der Waals surface area contributed by atoms with Crippen molar-refractivity contribution in [3.8, 4) is 11.5 Å². The number of nitrogens with two attached hydrogens (primary N) is 1. The minimum absolute atomic E-state index is 0.121. The molecule has 6 heteroatoms. The molecule has 1 saturated heterocycles. The summed E-state index contributed by atoms with van der Waals surface area (Å²) in [7, 11) is 0. The lowest BCUT2D eigenvalue weighted by Gasteiger charge is -2.45. The smallest absolute Gasteiger partial charge is 0.247 e. The van der Waals surface area contributed by atoms with E-state index in [1.165, 1.54) is 0 Å². The van der Waals surface area contributed by atoms with E-state index in [2.05, 4.69) is 0 Å². The zero-order valence-electron chi connectivity index (χ0n) is 11.5. The summed E-state index contributed by atoms with van der Waals surface area (Å²) in [5, 5.41) is 0.620. The van der Waals surface area contributed by atoms with Crippen molar-refractivity contribution in [1.82, 2.24) is 0 Å². The van der Waals surface area contributed by atoms with Gasteiger partial charge in [0.2, 0.25) is 12.7 Å². The lowest BCUT2D eigenvalue weighted by atomic mass is 9.88. The number of hydrogen-bond donors (Lipinski definition) is 1. The van der Waals surface area contributed by atoms with Gasteiger partial charge in [0.1, 0.15) is 6.04 Å². The number of benzene rings is 2. The second-order valence-corrected chi connectivity index (χ2v) is 5.71. The molecule has 2 N–H and O–H groups in total. The van der Waals surface area contributed by atoms with Crippen molar-refractivity contribution in [3.05, 3.63) is 53.1 Å². The van der Waals surface area contributed by atoms with Crippen molar-refractivity contribution in [2.24, 2.45) is 5.73 Å². The van der Waals surface area contributed by atoms with E-state index in [0.717, 1.165) is 11.3 Å². The maximum Gasteiger partial charge on any atom is 0.247 e. The summed E-state index contributed by atoms with van der Waals surface area (Å²) in [4.78, 5) is 13.9. The SMILES string of the molecule is N[C@H]1C(=O)N(c2ccc3c(c2)OCO3)[C@H]1c1cccc(Cl)c1. The van der Waals surface area contributed by atoms with Crippen molar-refractivity contribution in [3.63, 3.8) is 0 Å². The Hall–Kier alpha value is -2.24. The summed E-state index contributed by atoms with van der Waals surface area (Å²) in [6.07, 6.45) is 0. The molecule has 2 aromatic carbocycles. The monoisotopic (exact) mass is 316 g/mol. The average molecular weight is 317 g/mol. The van der Waals surface area contributed by atoms with Crippen molar-refractivity contribution >= 4 is 23.2 Å². The molecule has 0 aromatic heterocycles. The third kappa shape index (κ3) is 1.94. The van der Waals surface area contributed by atoms with Crippen LogP contribution in [-0.4, -0.2) is 18.7 Å². The normalized spacial score (nSPS) is 22.6. The van der Waals surface area contributed by atoms with Gasteiger partial charge in [-0.2, -0.15) is 0 Å². The maximum absolute atomic E-state index is 12.2. The minimum atomic E-state index is -0.566. The molecule has 2 heterocycles. The Balaban J connectivity index is 1.72. The lowest BCUT2D eigenvalue weighted by molar-refractivity contribution is -0.126. The van der Waals surface area contributed by atoms with Crippen LogP contribution in [0, 0.1) is 0 Å². The van der Waals surface area contributed by atoms with Gasteiger partial charge < -0.3 is 20.1 Å². The third-order valence-corrected chi connectivity index (χ3v) is 4.20. The quantitative estimate of drug-likeness (QED) is 0.865. The highest BCUT2D eigenvalue weighted by Gasteiger charge is 2.47. The third-order valence-electron chi connectivity index (χ3n) is 3.97. The fraction of sp³-hybridized carbons (Fsp3) is 0.188. The summed E-state index contributed by atoms with van der Waals surface area (Å²) >= 11 is 6.04. The van der Waals surface area contributed by atoms with E-state index in [0.29, 0.717) is 16.5 Å². The second kappa shape index (κ2) is 4.90. The van der Waals surface area contributed by atoms with Crippen LogP contribution in [0.3, 0.4) is 0 Å². The number of carbonyl (C=O) groups is 1.